The van der Waals surface area contributed by atoms with Crippen molar-refractivity contribution in [2.45, 2.75) is 33.2 Å². The van der Waals surface area contributed by atoms with Gasteiger partial charge in [0.05, 0.1) is 11.8 Å². The lowest BCUT2D eigenvalue weighted by atomic mass is 9.78. The van der Waals surface area contributed by atoms with E-state index in [9.17, 15) is 14.7 Å². The second-order valence-corrected chi connectivity index (χ2v) is 7.42. The maximum atomic E-state index is 12.7. The molecule has 2 bridgehead atoms. The van der Waals surface area contributed by atoms with Crippen LogP contribution in [0.25, 0.3) is 0 Å². The van der Waals surface area contributed by atoms with Crippen molar-refractivity contribution in [3.05, 3.63) is 46.0 Å². The van der Waals surface area contributed by atoms with Crippen molar-refractivity contribution in [3.63, 3.8) is 0 Å². The summed E-state index contributed by atoms with van der Waals surface area (Å²) in [5.74, 6) is -1.97. The van der Waals surface area contributed by atoms with Crippen LogP contribution in [0, 0.1) is 23.7 Å². The van der Waals surface area contributed by atoms with Crippen molar-refractivity contribution in [2.24, 2.45) is 23.7 Å². The molecular formula is C19H22ClNO3. The van der Waals surface area contributed by atoms with Gasteiger partial charge in [0.15, 0.2) is 0 Å². The highest BCUT2D eigenvalue weighted by Gasteiger charge is 2.57. The van der Waals surface area contributed by atoms with Gasteiger partial charge < -0.3 is 10.4 Å². The van der Waals surface area contributed by atoms with E-state index in [1.54, 1.807) is 12.1 Å². The number of fused-ring (bicyclic) bond motifs is 2. The summed E-state index contributed by atoms with van der Waals surface area (Å²) in [6.45, 7) is 4.43. The number of carboxylic acid groups (broad SMARTS) is 1. The summed E-state index contributed by atoms with van der Waals surface area (Å²) in [5, 5.41) is 13.2. The van der Waals surface area contributed by atoms with Gasteiger partial charge in [-0.05, 0) is 56.2 Å². The van der Waals surface area contributed by atoms with Crippen LogP contribution >= 0.6 is 11.6 Å². The molecule has 0 spiro atoms. The van der Waals surface area contributed by atoms with E-state index in [4.69, 9.17) is 11.6 Å². The van der Waals surface area contributed by atoms with Crippen LogP contribution < -0.4 is 5.32 Å². The molecule has 128 valence electrons. The molecule has 5 heteroatoms. The smallest absolute Gasteiger partial charge is 0.307 e. The quantitative estimate of drug-likeness (QED) is 0.817. The Morgan fingerprint density at radius 3 is 2.25 bits per heavy atom. The monoisotopic (exact) mass is 347 g/mol. The van der Waals surface area contributed by atoms with Crippen LogP contribution in [0.5, 0.6) is 0 Å². The van der Waals surface area contributed by atoms with E-state index in [0.717, 1.165) is 18.4 Å². The van der Waals surface area contributed by atoms with Crippen molar-refractivity contribution in [3.8, 4) is 0 Å². The molecule has 0 unspecified atom stereocenters. The van der Waals surface area contributed by atoms with Gasteiger partial charge in [-0.25, -0.2) is 0 Å². The largest absolute Gasteiger partial charge is 0.481 e. The Labute approximate surface area is 146 Å². The number of nitrogens with one attached hydrogen (secondary N) is 1. The van der Waals surface area contributed by atoms with Crippen LogP contribution in [0.3, 0.4) is 0 Å². The standard InChI is InChI=1S/C19H22ClNO3/c1-10(2)15-13-7-8-14(15)17(19(23)24)16(13)18(22)21-9-11-3-5-12(20)6-4-11/h3-6,13-14,16-17H,7-9H2,1-2H3,(H,21,22)(H,23,24)/t13-,14-,16+,17+/m0/s1. The molecule has 2 aliphatic rings. The van der Waals surface area contributed by atoms with Crippen molar-refractivity contribution in [2.75, 3.05) is 0 Å². The zero-order valence-electron chi connectivity index (χ0n) is 13.9. The highest BCUT2D eigenvalue weighted by Crippen LogP contribution is 2.57. The van der Waals surface area contributed by atoms with Crippen LogP contribution in [0.2, 0.25) is 5.02 Å². The Bertz CT molecular complexity index is 691. The SMILES string of the molecule is CC(C)=C1[C@@H]2CC[C@@H]1[C@@H](C(=O)NCc1ccc(Cl)cc1)[C@@H]2C(=O)O. The second kappa shape index (κ2) is 6.60. The Morgan fingerprint density at radius 2 is 1.71 bits per heavy atom. The number of amides is 1. The highest BCUT2D eigenvalue weighted by molar-refractivity contribution is 6.30. The number of benzene rings is 1. The molecule has 3 rings (SSSR count). The lowest BCUT2D eigenvalue weighted by Gasteiger charge is -2.26. The number of carboxylic acids is 1. The molecule has 0 aliphatic heterocycles. The number of carbonyl (C=O) groups is 2. The second-order valence-electron chi connectivity index (χ2n) is 6.98. The molecule has 1 amide bonds. The fourth-order valence-corrected chi connectivity index (χ4v) is 4.64. The predicted octanol–water partition coefficient (Wildman–Crippen LogP) is 3.65. The Morgan fingerprint density at radius 1 is 1.12 bits per heavy atom. The number of hydrogen-bond acceptors (Lipinski definition) is 2. The lowest BCUT2D eigenvalue weighted by molar-refractivity contribution is -0.149. The van der Waals surface area contributed by atoms with Crippen LogP contribution in [0.1, 0.15) is 32.3 Å². The Hall–Kier alpha value is -1.81. The first-order valence-corrected chi connectivity index (χ1v) is 8.70. The van der Waals surface area contributed by atoms with E-state index < -0.39 is 17.8 Å². The van der Waals surface area contributed by atoms with Crippen molar-refractivity contribution in [1.29, 1.82) is 0 Å². The molecule has 2 N–H and O–H groups in total. The summed E-state index contributed by atoms with van der Waals surface area (Å²) in [5.41, 5.74) is 3.32. The molecule has 4 atom stereocenters. The van der Waals surface area contributed by atoms with Crippen LogP contribution in [0.15, 0.2) is 35.4 Å². The van der Waals surface area contributed by atoms with Gasteiger partial charge in [0.2, 0.25) is 5.91 Å². The average Bonchev–Trinajstić information content (AvgIpc) is 3.10. The molecule has 1 aromatic rings. The van der Waals surface area contributed by atoms with E-state index in [2.05, 4.69) is 5.32 Å². The van der Waals surface area contributed by atoms with Gasteiger partial charge in [0.1, 0.15) is 0 Å². The molecule has 0 saturated heterocycles. The summed E-state index contributed by atoms with van der Waals surface area (Å²) in [4.78, 5) is 24.5. The lowest BCUT2D eigenvalue weighted by Crippen LogP contribution is -2.41. The van der Waals surface area contributed by atoms with Crippen LogP contribution in [-0.2, 0) is 16.1 Å². The summed E-state index contributed by atoms with van der Waals surface area (Å²) in [7, 11) is 0. The van der Waals surface area contributed by atoms with Crippen molar-refractivity contribution in [1.82, 2.24) is 5.32 Å². The number of aliphatic carboxylic acids is 1. The minimum absolute atomic E-state index is 0.0174. The van der Waals surface area contributed by atoms with Crippen molar-refractivity contribution < 1.29 is 14.7 Å². The Kier molecular flexibility index (Phi) is 4.68. The molecule has 0 aromatic heterocycles. The van der Waals surface area contributed by atoms with Gasteiger partial charge in [0, 0.05) is 11.6 Å². The van der Waals surface area contributed by atoms with Gasteiger partial charge in [-0.2, -0.15) is 0 Å². The molecule has 2 saturated carbocycles. The molecule has 4 nitrogen and oxygen atoms in total. The van der Waals surface area contributed by atoms with Crippen molar-refractivity contribution >= 4 is 23.5 Å². The van der Waals surface area contributed by atoms with E-state index in [-0.39, 0.29) is 17.7 Å². The van der Waals surface area contributed by atoms with Crippen LogP contribution in [0.4, 0.5) is 0 Å². The Balaban J connectivity index is 1.77. The maximum Gasteiger partial charge on any atom is 0.307 e. The first-order valence-electron chi connectivity index (χ1n) is 8.32. The zero-order chi connectivity index (χ0) is 17.4. The average molecular weight is 348 g/mol. The molecule has 0 heterocycles. The third kappa shape index (κ3) is 2.95. The minimum Gasteiger partial charge on any atom is -0.481 e. The fraction of sp³-hybridized carbons (Fsp3) is 0.474. The van der Waals surface area contributed by atoms with E-state index in [1.165, 1.54) is 11.1 Å². The first kappa shape index (κ1) is 17.0. The molecule has 2 aliphatic carbocycles. The molecule has 24 heavy (non-hydrogen) atoms. The maximum absolute atomic E-state index is 12.7. The third-order valence-electron chi connectivity index (χ3n) is 5.39. The highest BCUT2D eigenvalue weighted by atomic mass is 35.5. The number of hydrogen-bond donors (Lipinski definition) is 2. The van der Waals surface area contributed by atoms with Gasteiger partial charge in [0.25, 0.3) is 0 Å². The number of rotatable bonds is 4. The minimum atomic E-state index is -0.854. The summed E-state index contributed by atoms with van der Waals surface area (Å²) >= 11 is 5.86. The first-order chi connectivity index (χ1) is 11.4. The summed E-state index contributed by atoms with van der Waals surface area (Å²) in [6.07, 6.45) is 1.79. The third-order valence-corrected chi connectivity index (χ3v) is 5.64. The molecular weight excluding hydrogens is 326 g/mol. The van der Waals surface area contributed by atoms with E-state index >= 15 is 0 Å². The zero-order valence-corrected chi connectivity index (χ0v) is 14.6. The molecule has 2 fully saturated rings. The molecule has 1 aromatic carbocycles. The van der Waals surface area contributed by atoms with Gasteiger partial charge in [-0.15, -0.1) is 0 Å². The summed E-state index contributed by atoms with van der Waals surface area (Å²) < 4.78 is 0. The van der Waals surface area contributed by atoms with E-state index in [1.807, 2.05) is 26.0 Å². The van der Waals surface area contributed by atoms with E-state index in [0.29, 0.717) is 11.6 Å². The fourth-order valence-electron chi connectivity index (χ4n) is 4.51. The van der Waals surface area contributed by atoms with Gasteiger partial charge in [-0.3, -0.25) is 9.59 Å². The van der Waals surface area contributed by atoms with Gasteiger partial charge >= 0.3 is 5.97 Å². The van der Waals surface area contributed by atoms with Crippen LogP contribution in [-0.4, -0.2) is 17.0 Å². The molecule has 0 radical (unpaired) electrons. The number of carbonyl (C=O) groups excluding carboxylic acids is 1. The topological polar surface area (TPSA) is 66.4 Å². The number of allylic oxidation sites excluding steroid dienone is 2. The predicted molar refractivity (Wildman–Crippen MR) is 92.5 cm³/mol. The normalized spacial score (nSPS) is 28.0. The number of halogens is 1. The summed E-state index contributed by atoms with van der Waals surface area (Å²) in [6, 6.07) is 7.28. The van der Waals surface area contributed by atoms with Gasteiger partial charge in [-0.1, -0.05) is 34.9 Å².